The van der Waals surface area contributed by atoms with Crippen molar-refractivity contribution in [3.63, 3.8) is 0 Å². The van der Waals surface area contributed by atoms with Crippen LogP contribution in [-0.4, -0.2) is 39.7 Å². The van der Waals surface area contributed by atoms with Gasteiger partial charge in [-0.15, -0.1) is 16.9 Å². The summed E-state index contributed by atoms with van der Waals surface area (Å²) in [5.74, 6) is 2.19. The van der Waals surface area contributed by atoms with E-state index in [-0.39, 0.29) is 29.0 Å². The molecule has 2 atom stereocenters. The van der Waals surface area contributed by atoms with Gasteiger partial charge >= 0.3 is 0 Å². The Bertz CT molecular complexity index is 1090. The molecule has 1 aromatic heterocycles. The van der Waals surface area contributed by atoms with Crippen molar-refractivity contribution in [3.8, 4) is 11.5 Å². The monoisotopic (exact) mass is 482 g/mol. The molecular weight excluding hydrogens is 456 g/mol. The smallest absolute Gasteiger partial charge is 0.273 e. The summed E-state index contributed by atoms with van der Waals surface area (Å²) in [6, 6.07) is 17.1. The van der Waals surface area contributed by atoms with Crippen molar-refractivity contribution in [1.29, 1.82) is 0 Å². The number of carbonyl (C=O) groups excluding carboxylic acids is 2. The zero-order chi connectivity index (χ0) is 23.2. The SMILES string of the molecule is CC(C)c1snnc1C(=O)NC[C@@H]1CCS[C@H](c2ccc(Oc3ccccc3)cc2)C(=O)N1. The van der Waals surface area contributed by atoms with E-state index >= 15 is 0 Å². The van der Waals surface area contributed by atoms with Gasteiger partial charge in [0.2, 0.25) is 5.91 Å². The maximum absolute atomic E-state index is 12.9. The van der Waals surface area contributed by atoms with E-state index in [1.54, 1.807) is 11.8 Å². The van der Waals surface area contributed by atoms with E-state index in [0.29, 0.717) is 12.2 Å². The first kappa shape index (κ1) is 23.3. The number of carbonyl (C=O) groups is 2. The lowest BCUT2D eigenvalue weighted by atomic mass is 10.1. The molecule has 0 saturated carbocycles. The molecule has 0 spiro atoms. The molecule has 1 aliphatic rings. The van der Waals surface area contributed by atoms with E-state index in [9.17, 15) is 9.59 Å². The fraction of sp³-hybridized carbons (Fsp3) is 0.333. The first-order chi connectivity index (χ1) is 16.0. The van der Waals surface area contributed by atoms with Crippen LogP contribution in [-0.2, 0) is 4.79 Å². The highest BCUT2D eigenvalue weighted by molar-refractivity contribution is 8.00. The minimum atomic E-state index is -0.299. The lowest BCUT2D eigenvalue weighted by Crippen LogP contribution is -2.44. The Morgan fingerprint density at radius 2 is 1.88 bits per heavy atom. The number of thioether (sulfide) groups is 1. The zero-order valence-electron chi connectivity index (χ0n) is 18.5. The molecule has 4 rings (SSSR count). The van der Waals surface area contributed by atoms with Crippen molar-refractivity contribution >= 4 is 35.1 Å². The van der Waals surface area contributed by atoms with Crippen LogP contribution in [0.5, 0.6) is 11.5 Å². The number of para-hydroxylation sites is 1. The predicted molar refractivity (Wildman–Crippen MR) is 131 cm³/mol. The number of rotatable bonds is 7. The summed E-state index contributed by atoms with van der Waals surface area (Å²) in [6.45, 7) is 4.38. The van der Waals surface area contributed by atoms with Gasteiger partial charge in [-0.3, -0.25) is 9.59 Å². The predicted octanol–water partition coefficient (Wildman–Crippen LogP) is 4.55. The maximum atomic E-state index is 12.9. The van der Waals surface area contributed by atoms with Crippen LogP contribution < -0.4 is 15.4 Å². The van der Waals surface area contributed by atoms with Gasteiger partial charge in [-0.2, -0.15) is 0 Å². The number of ether oxygens (including phenoxy) is 1. The highest BCUT2D eigenvalue weighted by atomic mass is 32.2. The van der Waals surface area contributed by atoms with Crippen LogP contribution >= 0.6 is 23.3 Å². The first-order valence-corrected chi connectivity index (χ1v) is 12.7. The fourth-order valence-corrected chi connectivity index (χ4v) is 5.39. The van der Waals surface area contributed by atoms with Crippen molar-refractivity contribution in [2.75, 3.05) is 12.3 Å². The van der Waals surface area contributed by atoms with Crippen LogP contribution in [0.1, 0.15) is 52.4 Å². The number of nitrogens with zero attached hydrogens (tertiary/aromatic N) is 2. The van der Waals surface area contributed by atoms with Crippen LogP contribution in [0.2, 0.25) is 0 Å². The van der Waals surface area contributed by atoms with E-state index in [1.165, 1.54) is 11.5 Å². The van der Waals surface area contributed by atoms with Gasteiger partial charge in [0, 0.05) is 12.6 Å². The molecule has 1 saturated heterocycles. The van der Waals surface area contributed by atoms with Crippen LogP contribution in [0.3, 0.4) is 0 Å². The Labute approximate surface area is 201 Å². The van der Waals surface area contributed by atoms with Crippen molar-refractivity contribution < 1.29 is 14.3 Å². The summed E-state index contributed by atoms with van der Waals surface area (Å²) in [4.78, 5) is 26.3. The molecule has 0 radical (unpaired) electrons. The minimum Gasteiger partial charge on any atom is -0.457 e. The molecule has 1 aliphatic heterocycles. The summed E-state index contributed by atoms with van der Waals surface area (Å²) in [5, 5.41) is 9.66. The van der Waals surface area contributed by atoms with Gasteiger partial charge in [0.25, 0.3) is 5.91 Å². The summed E-state index contributed by atoms with van der Waals surface area (Å²) in [5.41, 5.74) is 1.30. The van der Waals surface area contributed by atoms with Crippen molar-refractivity contribution in [1.82, 2.24) is 20.2 Å². The highest BCUT2D eigenvalue weighted by Crippen LogP contribution is 2.33. The third kappa shape index (κ3) is 5.91. The maximum Gasteiger partial charge on any atom is 0.273 e. The summed E-state index contributed by atoms with van der Waals surface area (Å²) >= 11 is 2.86. The Balaban J connectivity index is 1.33. The molecular formula is C24H26N4O3S2. The van der Waals surface area contributed by atoms with Crippen molar-refractivity contribution in [2.45, 2.75) is 37.5 Å². The Morgan fingerprint density at radius 1 is 1.15 bits per heavy atom. The Morgan fingerprint density at radius 3 is 2.61 bits per heavy atom. The summed E-state index contributed by atoms with van der Waals surface area (Å²) in [6.07, 6.45) is 0.773. The molecule has 33 heavy (non-hydrogen) atoms. The number of amides is 2. The molecule has 2 amide bonds. The number of hydrogen-bond acceptors (Lipinski definition) is 7. The quantitative estimate of drug-likeness (QED) is 0.513. The number of aromatic nitrogens is 2. The summed E-state index contributed by atoms with van der Waals surface area (Å²) < 4.78 is 9.75. The largest absolute Gasteiger partial charge is 0.457 e. The van der Waals surface area contributed by atoms with Crippen LogP contribution in [0.15, 0.2) is 54.6 Å². The standard InChI is InChI=1S/C24H26N4O3S2/c1-15(2)21-20(27-28-33-21)23(29)25-14-17-12-13-32-22(24(30)26-17)16-8-10-19(11-9-16)31-18-6-4-3-5-7-18/h3-11,15,17,22H,12-14H2,1-2H3,(H,25,29)(H,26,30)/t17-,22+/m0/s1. The highest BCUT2D eigenvalue weighted by Gasteiger charge is 2.28. The van der Waals surface area contributed by atoms with E-state index in [0.717, 1.165) is 34.1 Å². The van der Waals surface area contributed by atoms with Gasteiger partial charge in [0.05, 0.1) is 4.88 Å². The molecule has 0 aliphatic carbocycles. The second kappa shape index (κ2) is 10.8. The molecule has 2 heterocycles. The lowest BCUT2D eigenvalue weighted by molar-refractivity contribution is -0.121. The van der Waals surface area contributed by atoms with Gasteiger partial charge in [-0.05, 0) is 59.5 Å². The van der Waals surface area contributed by atoms with E-state index in [1.807, 2.05) is 68.4 Å². The van der Waals surface area contributed by atoms with Gasteiger partial charge in [0.1, 0.15) is 16.7 Å². The minimum absolute atomic E-state index is 0.0494. The number of hydrogen-bond donors (Lipinski definition) is 2. The van der Waals surface area contributed by atoms with Gasteiger partial charge in [0.15, 0.2) is 5.69 Å². The van der Waals surface area contributed by atoms with Gasteiger partial charge in [-0.1, -0.05) is 48.7 Å². The molecule has 1 fully saturated rings. The average Bonchev–Trinajstić information content (AvgIpc) is 3.24. The Kier molecular flexibility index (Phi) is 7.61. The molecule has 7 nitrogen and oxygen atoms in total. The second-order valence-electron chi connectivity index (χ2n) is 8.08. The second-order valence-corrected chi connectivity index (χ2v) is 10.1. The van der Waals surface area contributed by atoms with Crippen LogP contribution in [0.4, 0.5) is 0 Å². The van der Waals surface area contributed by atoms with Crippen LogP contribution in [0.25, 0.3) is 0 Å². The first-order valence-electron chi connectivity index (χ1n) is 10.9. The topological polar surface area (TPSA) is 93.2 Å². The fourth-order valence-electron chi connectivity index (χ4n) is 3.52. The van der Waals surface area contributed by atoms with Crippen LogP contribution in [0, 0.1) is 0 Å². The third-order valence-corrected chi connectivity index (χ3v) is 7.57. The summed E-state index contributed by atoms with van der Waals surface area (Å²) in [7, 11) is 0. The lowest BCUT2D eigenvalue weighted by Gasteiger charge is -2.18. The third-order valence-electron chi connectivity index (χ3n) is 5.26. The normalized spacial score (nSPS) is 18.5. The molecule has 2 aromatic carbocycles. The number of benzene rings is 2. The molecule has 3 aromatic rings. The van der Waals surface area contributed by atoms with E-state index in [4.69, 9.17) is 4.74 Å². The number of nitrogens with one attached hydrogen (secondary N) is 2. The van der Waals surface area contributed by atoms with E-state index < -0.39 is 0 Å². The molecule has 9 heteroatoms. The molecule has 2 N–H and O–H groups in total. The van der Waals surface area contributed by atoms with Crippen molar-refractivity contribution in [2.24, 2.45) is 0 Å². The Hall–Kier alpha value is -2.91. The van der Waals surface area contributed by atoms with E-state index in [2.05, 4.69) is 20.2 Å². The molecule has 0 unspecified atom stereocenters. The van der Waals surface area contributed by atoms with Crippen molar-refractivity contribution in [3.05, 3.63) is 70.7 Å². The molecule has 172 valence electrons. The molecule has 0 bridgehead atoms. The average molecular weight is 483 g/mol. The van der Waals surface area contributed by atoms with Gasteiger partial charge in [-0.25, -0.2) is 0 Å². The van der Waals surface area contributed by atoms with Gasteiger partial charge < -0.3 is 15.4 Å². The zero-order valence-corrected chi connectivity index (χ0v) is 20.1.